The average Bonchev–Trinajstić information content (AvgIpc) is 3.07. The summed E-state index contributed by atoms with van der Waals surface area (Å²) in [7, 11) is 3.21. The van der Waals surface area contributed by atoms with Crippen molar-refractivity contribution in [3.8, 4) is 11.1 Å². The fraction of sp³-hybridized carbons (Fsp3) is 0.292. The SMILES string of the molecule is COC(CN=C1Nc2c(C)cc(C)cc2Cn2cc(-c3ccc(F)cc3)cc21)OC. The molecule has 0 radical (unpaired) electrons. The lowest BCUT2D eigenvalue weighted by Crippen LogP contribution is -2.22. The van der Waals surface area contributed by atoms with Crippen LogP contribution in [0.4, 0.5) is 10.1 Å². The van der Waals surface area contributed by atoms with Crippen LogP contribution in [0.15, 0.2) is 53.7 Å². The molecule has 0 saturated carbocycles. The summed E-state index contributed by atoms with van der Waals surface area (Å²) in [5.41, 5.74) is 7.63. The highest BCUT2D eigenvalue weighted by molar-refractivity contribution is 6.09. The fourth-order valence-corrected chi connectivity index (χ4v) is 3.90. The van der Waals surface area contributed by atoms with Gasteiger partial charge in [0.05, 0.1) is 12.2 Å². The molecule has 0 saturated heterocycles. The number of nitrogens with zero attached hydrogens (tertiary/aromatic N) is 2. The molecule has 0 bridgehead atoms. The Labute approximate surface area is 176 Å². The van der Waals surface area contributed by atoms with Gasteiger partial charge in [-0.1, -0.05) is 29.8 Å². The van der Waals surface area contributed by atoms with Crippen LogP contribution in [0.1, 0.15) is 22.4 Å². The van der Waals surface area contributed by atoms with Crippen molar-refractivity contribution >= 4 is 11.5 Å². The number of rotatable bonds is 5. The molecule has 0 unspecified atom stereocenters. The van der Waals surface area contributed by atoms with Crippen LogP contribution in [0.5, 0.6) is 0 Å². The zero-order valence-electron chi connectivity index (χ0n) is 17.7. The van der Waals surface area contributed by atoms with Gasteiger partial charge < -0.3 is 19.4 Å². The van der Waals surface area contributed by atoms with Crippen molar-refractivity contribution in [2.75, 3.05) is 26.1 Å². The molecule has 30 heavy (non-hydrogen) atoms. The van der Waals surface area contributed by atoms with E-state index in [1.54, 1.807) is 26.4 Å². The van der Waals surface area contributed by atoms with E-state index in [0.29, 0.717) is 6.54 Å². The van der Waals surface area contributed by atoms with Gasteiger partial charge in [-0.05, 0) is 48.7 Å². The number of hydrogen-bond acceptors (Lipinski definition) is 3. The summed E-state index contributed by atoms with van der Waals surface area (Å²) in [5.74, 6) is 0.515. The zero-order valence-corrected chi connectivity index (χ0v) is 17.7. The lowest BCUT2D eigenvalue weighted by molar-refractivity contribution is -0.0936. The number of halogens is 1. The molecule has 0 atom stereocenters. The Kier molecular flexibility index (Phi) is 5.70. The van der Waals surface area contributed by atoms with Gasteiger partial charge in [-0.3, -0.25) is 4.99 Å². The number of amidine groups is 1. The first kappa shape index (κ1) is 20.3. The highest BCUT2D eigenvalue weighted by atomic mass is 19.1. The number of aromatic nitrogens is 1. The molecule has 0 fully saturated rings. The van der Waals surface area contributed by atoms with Crippen molar-refractivity contribution in [3.05, 3.63) is 76.9 Å². The van der Waals surface area contributed by atoms with E-state index in [4.69, 9.17) is 14.5 Å². The van der Waals surface area contributed by atoms with Gasteiger partial charge in [0.1, 0.15) is 11.7 Å². The van der Waals surface area contributed by atoms with E-state index in [1.165, 1.54) is 28.8 Å². The molecule has 5 nitrogen and oxygen atoms in total. The Morgan fingerprint density at radius 2 is 1.80 bits per heavy atom. The number of benzene rings is 2. The van der Waals surface area contributed by atoms with Crippen LogP contribution in [-0.2, 0) is 16.0 Å². The molecule has 4 rings (SSSR count). The van der Waals surface area contributed by atoms with Crippen LogP contribution in [0, 0.1) is 19.7 Å². The Morgan fingerprint density at radius 3 is 2.50 bits per heavy atom. The lowest BCUT2D eigenvalue weighted by atomic mass is 10.0. The summed E-state index contributed by atoms with van der Waals surface area (Å²) in [6.45, 7) is 5.30. The first-order chi connectivity index (χ1) is 14.5. The maximum atomic E-state index is 13.4. The predicted octanol–water partition coefficient (Wildman–Crippen LogP) is 4.75. The van der Waals surface area contributed by atoms with Crippen LogP contribution in [0.3, 0.4) is 0 Å². The van der Waals surface area contributed by atoms with E-state index >= 15 is 0 Å². The average molecular weight is 407 g/mol. The molecule has 2 aromatic carbocycles. The summed E-state index contributed by atoms with van der Waals surface area (Å²) in [5, 5.41) is 3.55. The lowest BCUT2D eigenvalue weighted by Gasteiger charge is -2.15. The van der Waals surface area contributed by atoms with Gasteiger partial charge in [-0.25, -0.2) is 4.39 Å². The van der Waals surface area contributed by atoms with Gasteiger partial charge in [0.2, 0.25) is 0 Å². The van der Waals surface area contributed by atoms with E-state index in [-0.39, 0.29) is 5.82 Å². The quantitative estimate of drug-likeness (QED) is 0.621. The van der Waals surface area contributed by atoms with E-state index in [2.05, 4.69) is 48.1 Å². The second-order valence-electron chi connectivity index (χ2n) is 7.58. The number of ether oxygens (including phenoxy) is 2. The molecule has 6 heteroatoms. The normalized spacial score (nSPS) is 14.4. The predicted molar refractivity (Wildman–Crippen MR) is 118 cm³/mol. The van der Waals surface area contributed by atoms with E-state index in [0.717, 1.165) is 34.9 Å². The number of hydrogen-bond donors (Lipinski definition) is 1. The van der Waals surface area contributed by atoms with Gasteiger partial charge in [-0.2, -0.15) is 0 Å². The molecule has 0 spiro atoms. The molecular formula is C24H26FN3O2. The van der Waals surface area contributed by atoms with Crippen LogP contribution in [-0.4, -0.2) is 37.5 Å². The molecule has 0 amide bonds. The Hall–Kier alpha value is -2.96. The van der Waals surface area contributed by atoms with Gasteiger partial charge in [0.25, 0.3) is 0 Å². The van der Waals surface area contributed by atoms with Crippen molar-refractivity contribution in [3.63, 3.8) is 0 Å². The third-order valence-corrected chi connectivity index (χ3v) is 5.39. The van der Waals surface area contributed by atoms with Gasteiger partial charge in [0.15, 0.2) is 6.29 Å². The standard InChI is InChI=1S/C24H26FN3O2/c1-15-9-16(2)23-19(10-15)14-28-13-18(17-5-7-20(25)8-6-17)11-21(28)24(27-23)26-12-22(29-3)30-4/h5-11,13,22H,12,14H2,1-4H3,(H,26,27). The maximum absolute atomic E-state index is 13.4. The summed E-state index contributed by atoms with van der Waals surface area (Å²) in [6, 6.07) is 13.0. The topological polar surface area (TPSA) is 47.8 Å². The van der Waals surface area contributed by atoms with Crippen LogP contribution in [0.2, 0.25) is 0 Å². The van der Waals surface area contributed by atoms with Crippen molar-refractivity contribution in [1.82, 2.24) is 4.57 Å². The largest absolute Gasteiger partial charge is 0.354 e. The Morgan fingerprint density at radius 1 is 1.07 bits per heavy atom. The van der Waals surface area contributed by atoms with E-state index < -0.39 is 6.29 Å². The van der Waals surface area contributed by atoms with Crippen molar-refractivity contribution in [1.29, 1.82) is 0 Å². The number of aliphatic imine (C=N–C) groups is 1. The first-order valence-corrected chi connectivity index (χ1v) is 9.92. The minimum atomic E-state index is -0.416. The molecule has 156 valence electrons. The number of anilines is 1. The first-order valence-electron chi connectivity index (χ1n) is 9.92. The van der Waals surface area contributed by atoms with Crippen molar-refractivity contribution in [2.45, 2.75) is 26.7 Å². The van der Waals surface area contributed by atoms with Crippen molar-refractivity contribution in [2.24, 2.45) is 4.99 Å². The maximum Gasteiger partial charge on any atom is 0.176 e. The smallest absolute Gasteiger partial charge is 0.176 e. The van der Waals surface area contributed by atoms with Crippen LogP contribution in [0.25, 0.3) is 11.1 Å². The number of nitrogens with one attached hydrogen (secondary N) is 1. The van der Waals surface area contributed by atoms with E-state index in [9.17, 15) is 4.39 Å². The monoisotopic (exact) mass is 407 g/mol. The molecule has 3 aromatic rings. The summed E-state index contributed by atoms with van der Waals surface area (Å²) < 4.78 is 26.2. The van der Waals surface area contributed by atoms with Crippen molar-refractivity contribution < 1.29 is 13.9 Å². The minimum Gasteiger partial charge on any atom is -0.354 e. The number of fused-ring (bicyclic) bond motifs is 2. The van der Waals surface area contributed by atoms with Gasteiger partial charge in [0, 0.05) is 38.2 Å². The molecule has 1 aliphatic rings. The molecule has 1 aliphatic heterocycles. The summed E-state index contributed by atoms with van der Waals surface area (Å²) in [4.78, 5) is 4.78. The molecule has 1 N–H and O–H groups in total. The van der Waals surface area contributed by atoms with Gasteiger partial charge in [-0.15, -0.1) is 0 Å². The fourth-order valence-electron chi connectivity index (χ4n) is 3.90. The van der Waals surface area contributed by atoms with Crippen LogP contribution >= 0.6 is 0 Å². The number of aryl methyl sites for hydroxylation is 2. The molecule has 1 aromatic heterocycles. The Balaban J connectivity index is 1.81. The third-order valence-electron chi connectivity index (χ3n) is 5.39. The second kappa shape index (κ2) is 8.42. The molecule has 2 heterocycles. The van der Waals surface area contributed by atoms with Gasteiger partial charge >= 0.3 is 0 Å². The Bertz CT molecular complexity index is 1080. The molecular weight excluding hydrogens is 381 g/mol. The highest BCUT2D eigenvalue weighted by Crippen LogP contribution is 2.31. The summed E-state index contributed by atoms with van der Waals surface area (Å²) in [6.07, 6.45) is 1.68. The van der Waals surface area contributed by atoms with E-state index in [1.807, 2.05) is 0 Å². The van der Waals surface area contributed by atoms with Crippen LogP contribution < -0.4 is 5.32 Å². The number of methoxy groups -OCH3 is 2. The summed E-state index contributed by atoms with van der Waals surface area (Å²) >= 11 is 0. The highest BCUT2D eigenvalue weighted by Gasteiger charge is 2.21. The second-order valence-corrected chi connectivity index (χ2v) is 7.58. The molecule has 0 aliphatic carbocycles. The third kappa shape index (κ3) is 4.01. The zero-order chi connectivity index (χ0) is 21.3. The minimum absolute atomic E-state index is 0.242.